The Bertz CT molecular complexity index is 2490. The number of Topliss-reactive ketones (excluding diaryl/α,β-unsaturated/α-hetero) is 1. The number of nitrogens with two attached hydrogens (primary N) is 4. The largest absolute Gasteiger partial charge is 0.370 e. The summed E-state index contributed by atoms with van der Waals surface area (Å²) in [4.78, 5) is 139. The van der Waals surface area contributed by atoms with Gasteiger partial charge in [0.1, 0.15) is 42.5 Å². The van der Waals surface area contributed by atoms with E-state index in [1.165, 1.54) is 13.8 Å². The van der Waals surface area contributed by atoms with Crippen LogP contribution in [0.2, 0.25) is 0 Å². The van der Waals surface area contributed by atoms with Crippen LogP contribution in [0.4, 0.5) is 0 Å². The minimum Gasteiger partial charge on any atom is -0.370 e. The van der Waals surface area contributed by atoms with E-state index in [0.29, 0.717) is 32.1 Å². The van der Waals surface area contributed by atoms with Crippen LogP contribution >= 0.6 is 0 Å². The van der Waals surface area contributed by atoms with Crippen molar-refractivity contribution in [3.05, 3.63) is 71.9 Å². The van der Waals surface area contributed by atoms with Crippen LogP contribution in [0.5, 0.6) is 0 Å². The van der Waals surface area contributed by atoms with E-state index in [1.807, 2.05) is 61.5 Å². The lowest BCUT2D eigenvalue weighted by atomic mass is 9.95. The second-order valence-electron chi connectivity index (χ2n) is 20.1. The number of para-hydroxylation sites is 1. The van der Waals surface area contributed by atoms with Crippen molar-refractivity contribution in [3.63, 3.8) is 0 Å². The maximum atomic E-state index is 14.6. The van der Waals surface area contributed by atoms with E-state index < -0.39 is 108 Å². The third kappa shape index (κ3) is 23.3. The van der Waals surface area contributed by atoms with E-state index in [4.69, 9.17) is 22.9 Å². The molecule has 18 N–H and O–H groups in total. The van der Waals surface area contributed by atoms with Gasteiger partial charge in [0.2, 0.25) is 53.2 Å². The van der Waals surface area contributed by atoms with Crippen LogP contribution in [-0.2, 0) is 60.8 Å². The number of carbonyl (C=O) groups is 10. The Morgan fingerprint density at radius 1 is 0.557 bits per heavy atom. The second kappa shape index (κ2) is 34.6. The normalized spacial score (nSPS) is 14.7. The SMILES string of the molecule is CCC(C)C(NC(=O)C(CCCCN)NC(=O)C(NC(=O)C(CCC(N)=O)NC(=O)C(CCCNC(N)N)NC(=O)CCNC(C)=O)C(C)CC)C(=O)NC(Cc1c[nH]c2ccccc12)C(=O)NC(Cc1ccccc1)C(C)=O. The summed E-state index contributed by atoms with van der Waals surface area (Å²) in [5, 5.41) is 25.5. The van der Waals surface area contributed by atoms with Gasteiger partial charge in [-0.1, -0.05) is 89.1 Å². The van der Waals surface area contributed by atoms with Crippen LogP contribution in [0.15, 0.2) is 60.8 Å². The van der Waals surface area contributed by atoms with Crippen LogP contribution in [0.3, 0.4) is 0 Å². The van der Waals surface area contributed by atoms with E-state index >= 15 is 0 Å². The van der Waals surface area contributed by atoms with Crippen molar-refractivity contribution in [1.29, 1.82) is 0 Å². The molecule has 0 aliphatic carbocycles. The zero-order valence-electron chi connectivity index (χ0n) is 46.5. The number of rotatable bonds is 37. The minimum absolute atomic E-state index is 0.000713. The predicted molar refractivity (Wildman–Crippen MR) is 299 cm³/mol. The molecule has 436 valence electrons. The fraction of sp³-hybridized carbons (Fsp3) is 0.564. The van der Waals surface area contributed by atoms with E-state index in [1.54, 1.807) is 27.0 Å². The first-order chi connectivity index (χ1) is 37.6. The van der Waals surface area contributed by atoms with Crippen molar-refractivity contribution >= 4 is 69.9 Å². The predicted octanol–water partition coefficient (Wildman–Crippen LogP) is -0.481. The average Bonchev–Trinajstić information content (AvgIpc) is 3.83. The molecule has 2 aromatic carbocycles. The lowest BCUT2D eigenvalue weighted by Crippen LogP contribution is -2.61. The van der Waals surface area contributed by atoms with Crippen LogP contribution < -0.4 is 70.8 Å². The fourth-order valence-corrected chi connectivity index (χ4v) is 8.63. The summed E-state index contributed by atoms with van der Waals surface area (Å²) in [6.45, 7) is 10.3. The second-order valence-corrected chi connectivity index (χ2v) is 20.1. The Hall–Kier alpha value is -7.28. The molecule has 0 aliphatic heterocycles. The standard InChI is InChI=1S/C55H86N14O10/c1-7-32(3)47(69-51(76)42(23-24-45(57)72)64-49(74)40(22-16-27-61-55(58)59)63-46(73)25-28-60-35(6)71)53(78)65-41(21-14-15-26-56)50(75)68-48(33(4)8-2)54(79)67-44(30-37-31-62-39-20-13-12-19-38(37)39)52(77)66-43(34(5)70)29-36-17-10-9-11-18-36/h9-13,17-20,31-33,40-44,47-48,55,61-62H,7-8,14-16,21-30,56,58-59H2,1-6H3,(H2,57,72)(H,60,71)(H,63,73)(H,64,74)(H,65,78)(H,66,77)(H,67,79)(H,68,75)(H,69,76). The molecular formula is C55H86N14O10. The van der Waals surface area contributed by atoms with Gasteiger partial charge < -0.3 is 70.5 Å². The molecule has 9 atom stereocenters. The summed E-state index contributed by atoms with van der Waals surface area (Å²) in [5.74, 6) is -7.49. The maximum absolute atomic E-state index is 14.6. The molecule has 0 bridgehead atoms. The minimum atomic E-state index is -1.44. The Balaban J connectivity index is 1.92. The van der Waals surface area contributed by atoms with Crippen molar-refractivity contribution in [2.45, 2.75) is 167 Å². The van der Waals surface area contributed by atoms with Gasteiger partial charge in [-0.25, -0.2) is 0 Å². The molecule has 24 nitrogen and oxygen atoms in total. The zero-order chi connectivity index (χ0) is 58.6. The smallest absolute Gasteiger partial charge is 0.243 e. The highest BCUT2D eigenvalue weighted by molar-refractivity contribution is 5.98. The molecule has 0 spiro atoms. The monoisotopic (exact) mass is 1100 g/mol. The molecule has 0 saturated carbocycles. The highest BCUT2D eigenvalue weighted by Crippen LogP contribution is 2.21. The Morgan fingerprint density at radius 3 is 1.65 bits per heavy atom. The molecule has 3 aromatic rings. The Morgan fingerprint density at radius 2 is 1.08 bits per heavy atom. The van der Waals surface area contributed by atoms with Gasteiger partial charge in [-0.3, -0.25) is 53.3 Å². The van der Waals surface area contributed by atoms with Gasteiger partial charge in [0.15, 0.2) is 5.78 Å². The fourth-order valence-electron chi connectivity index (χ4n) is 8.63. The quantitative estimate of drug-likeness (QED) is 0.0256. The summed E-state index contributed by atoms with van der Waals surface area (Å²) < 4.78 is 0. The number of amides is 9. The number of unbranched alkanes of at least 4 members (excludes halogenated alkanes) is 1. The molecule has 1 aromatic heterocycles. The number of primary amides is 1. The molecule has 0 saturated heterocycles. The molecule has 9 amide bonds. The molecular weight excluding hydrogens is 1020 g/mol. The molecule has 0 fully saturated rings. The van der Waals surface area contributed by atoms with Gasteiger partial charge in [0.25, 0.3) is 0 Å². The van der Waals surface area contributed by atoms with E-state index in [2.05, 4.69) is 52.8 Å². The highest BCUT2D eigenvalue weighted by Gasteiger charge is 2.37. The van der Waals surface area contributed by atoms with Crippen molar-refractivity contribution in [3.8, 4) is 0 Å². The number of fused-ring (bicyclic) bond motifs is 1. The topological polar surface area (TPSA) is 399 Å². The van der Waals surface area contributed by atoms with Gasteiger partial charge in [-0.2, -0.15) is 0 Å². The van der Waals surface area contributed by atoms with Crippen LogP contribution in [0, 0.1) is 11.8 Å². The lowest BCUT2D eigenvalue weighted by molar-refractivity contribution is -0.137. The number of benzene rings is 2. The Kier molecular flexibility index (Phi) is 28.9. The lowest BCUT2D eigenvalue weighted by Gasteiger charge is -2.31. The van der Waals surface area contributed by atoms with Crippen LogP contribution in [0.25, 0.3) is 10.9 Å². The van der Waals surface area contributed by atoms with Gasteiger partial charge in [0, 0.05) is 49.8 Å². The first-order valence-electron chi connectivity index (χ1n) is 27.3. The first kappa shape index (κ1) is 66.0. The number of H-pyrrole nitrogens is 1. The van der Waals surface area contributed by atoms with Gasteiger partial charge in [0.05, 0.1) is 6.04 Å². The summed E-state index contributed by atoms with van der Waals surface area (Å²) in [7, 11) is 0. The molecule has 1 heterocycles. The number of nitrogens with one attached hydrogen (secondary N) is 10. The molecule has 0 radical (unpaired) electrons. The molecule has 79 heavy (non-hydrogen) atoms. The zero-order valence-corrected chi connectivity index (χ0v) is 46.5. The molecule has 24 heteroatoms. The van der Waals surface area contributed by atoms with E-state index in [9.17, 15) is 47.9 Å². The average molecular weight is 1100 g/mol. The molecule has 0 aliphatic rings. The third-order valence-electron chi connectivity index (χ3n) is 13.7. The summed E-state index contributed by atoms with van der Waals surface area (Å²) in [6.07, 6.45) is 2.41. The first-order valence-corrected chi connectivity index (χ1v) is 27.3. The highest BCUT2D eigenvalue weighted by atomic mass is 16.2. The number of aromatic amines is 1. The van der Waals surface area contributed by atoms with Crippen molar-refractivity contribution < 1.29 is 47.9 Å². The van der Waals surface area contributed by atoms with Gasteiger partial charge in [-0.05, 0) is 94.0 Å². The van der Waals surface area contributed by atoms with Crippen molar-refractivity contribution in [2.75, 3.05) is 19.6 Å². The summed E-state index contributed by atoms with van der Waals surface area (Å²) in [5.41, 5.74) is 24.8. The number of aromatic nitrogens is 1. The summed E-state index contributed by atoms with van der Waals surface area (Å²) in [6, 6.07) is 8.12. The van der Waals surface area contributed by atoms with E-state index in [0.717, 1.165) is 22.0 Å². The number of hydrogen-bond acceptors (Lipinski definition) is 14. The molecule has 9 unspecified atom stereocenters. The van der Waals surface area contributed by atoms with Crippen molar-refractivity contribution in [2.24, 2.45) is 34.8 Å². The number of ketones is 1. The number of hydrogen-bond donors (Lipinski definition) is 14. The molecule has 3 rings (SSSR count). The number of carbonyl (C=O) groups excluding carboxylic acids is 10. The van der Waals surface area contributed by atoms with Crippen LogP contribution in [0.1, 0.15) is 117 Å². The van der Waals surface area contributed by atoms with Crippen LogP contribution in [-0.4, -0.2) is 132 Å². The summed E-state index contributed by atoms with van der Waals surface area (Å²) >= 11 is 0. The van der Waals surface area contributed by atoms with Gasteiger partial charge in [-0.15, -0.1) is 0 Å². The Labute approximate surface area is 462 Å². The van der Waals surface area contributed by atoms with E-state index in [-0.39, 0.29) is 76.3 Å². The van der Waals surface area contributed by atoms with Crippen molar-refractivity contribution in [1.82, 2.24) is 52.8 Å². The van der Waals surface area contributed by atoms with Gasteiger partial charge >= 0.3 is 0 Å². The maximum Gasteiger partial charge on any atom is 0.243 e. The third-order valence-corrected chi connectivity index (χ3v) is 13.7.